The van der Waals surface area contributed by atoms with Crippen molar-refractivity contribution in [1.82, 2.24) is 15.5 Å². The van der Waals surface area contributed by atoms with Gasteiger partial charge in [0.2, 0.25) is 11.8 Å². The normalized spacial score (nSPS) is 14.6. The second-order valence-corrected chi connectivity index (χ2v) is 5.41. The summed E-state index contributed by atoms with van der Waals surface area (Å²) >= 11 is 0. The zero-order valence-electron chi connectivity index (χ0n) is 11.7. The maximum Gasteiger partial charge on any atom is 0.217 e. The molecule has 0 atom stereocenters. The van der Waals surface area contributed by atoms with Crippen molar-refractivity contribution in [2.75, 3.05) is 6.54 Å². The fraction of sp³-hybridized carbons (Fsp3) is 0.500. The van der Waals surface area contributed by atoms with Crippen molar-refractivity contribution in [3.8, 4) is 0 Å². The molecule has 1 saturated carbocycles. The second-order valence-electron chi connectivity index (χ2n) is 5.41. The first kappa shape index (κ1) is 13.3. The molecule has 4 heteroatoms. The number of nitrogens with one attached hydrogen (secondary N) is 1. The number of nitrogens with zero attached hydrogens (tertiary/aromatic N) is 2. The van der Waals surface area contributed by atoms with E-state index in [1.54, 1.807) is 0 Å². The van der Waals surface area contributed by atoms with Crippen LogP contribution >= 0.6 is 0 Å². The Balaban J connectivity index is 1.38. The summed E-state index contributed by atoms with van der Waals surface area (Å²) in [5.41, 5.74) is 1.36. The predicted octanol–water partition coefficient (Wildman–Crippen LogP) is 2.54. The van der Waals surface area contributed by atoms with Crippen molar-refractivity contribution in [3.05, 3.63) is 47.7 Å². The average molecular weight is 271 g/mol. The molecule has 0 aliphatic heterocycles. The van der Waals surface area contributed by atoms with Gasteiger partial charge in [0, 0.05) is 25.4 Å². The minimum absolute atomic E-state index is 0.739. The quantitative estimate of drug-likeness (QED) is 0.801. The summed E-state index contributed by atoms with van der Waals surface area (Å²) in [5.74, 6) is 1.52. The first-order chi connectivity index (χ1) is 9.90. The Morgan fingerprint density at radius 3 is 2.50 bits per heavy atom. The van der Waals surface area contributed by atoms with Gasteiger partial charge in [-0.25, -0.2) is 0 Å². The maximum absolute atomic E-state index is 5.66. The van der Waals surface area contributed by atoms with Gasteiger partial charge in [-0.05, 0) is 31.2 Å². The summed E-state index contributed by atoms with van der Waals surface area (Å²) in [4.78, 5) is 0. The van der Waals surface area contributed by atoms with Crippen molar-refractivity contribution in [3.63, 3.8) is 0 Å². The van der Waals surface area contributed by atoms with Crippen LogP contribution in [0.15, 0.2) is 34.7 Å². The molecule has 1 N–H and O–H groups in total. The van der Waals surface area contributed by atoms with E-state index >= 15 is 0 Å². The Hall–Kier alpha value is -1.68. The van der Waals surface area contributed by atoms with E-state index in [0.717, 1.165) is 50.1 Å². The van der Waals surface area contributed by atoms with Crippen LogP contribution < -0.4 is 5.32 Å². The van der Waals surface area contributed by atoms with Gasteiger partial charge in [0.1, 0.15) is 0 Å². The third-order valence-electron chi connectivity index (χ3n) is 3.56. The van der Waals surface area contributed by atoms with Gasteiger partial charge in [-0.2, -0.15) is 0 Å². The van der Waals surface area contributed by atoms with Crippen molar-refractivity contribution in [2.24, 2.45) is 0 Å². The van der Waals surface area contributed by atoms with Gasteiger partial charge >= 0.3 is 0 Å². The number of aromatic nitrogens is 2. The van der Waals surface area contributed by atoms with E-state index in [1.807, 2.05) is 6.07 Å². The third kappa shape index (κ3) is 4.17. The van der Waals surface area contributed by atoms with Crippen LogP contribution in [-0.2, 0) is 19.3 Å². The highest BCUT2D eigenvalue weighted by Gasteiger charge is 2.20. The lowest BCUT2D eigenvalue weighted by molar-refractivity contribution is 0.439. The summed E-state index contributed by atoms with van der Waals surface area (Å²) < 4.78 is 5.66. The molecule has 0 amide bonds. The Labute approximate surface area is 119 Å². The van der Waals surface area contributed by atoms with E-state index < -0.39 is 0 Å². The lowest BCUT2D eigenvalue weighted by atomic mass is 10.1. The van der Waals surface area contributed by atoms with E-state index in [-0.39, 0.29) is 0 Å². The average Bonchev–Trinajstić information content (AvgIpc) is 3.19. The Morgan fingerprint density at radius 2 is 1.75 bits per heavy atom. The number of rotatable bonds is 8. The molecule has 0 unspecified atom stereocenters. The molecule has 1 heterocycles. The summed E-state index contributed by atoms with van der Waals surface area (Å²) in [6.45, 7) is 0.941. The van der Waals surface area contributed by atoms with Crippen molar-refractivity contribution in [1.29, 1.82) is 0 Å². The highest BCUT2D eigenvalue weighted by atomic mass is 16.4. The maximum atomic E-state index is 5.66. The van der Waals surface area contributed by atoms with Crippen molar-refractivity contribution in [2.45, 2.75) is 44.6 Å². The van der Waals surface area contributed by atoms with Crippen LogP contribution in [-0.4, -0.2) is 22.8 Å². The summed E-state index contributed by atoms with van der Waals surface area (Å²) in [5, 5.41) is 11.7. The molecule has 3 rings (SSSR count). The van der Waals surface area contributed by atoms with Crippen LogP contribution in [0.5, 0.6) is 0 Å². The molecule has 4 nitrogen and oxygen atoms in total. The molecule has 2 aromatic rings. The number of aryl methyl sites for hydroxylation is 2. The van der Waals surface area contributed by atoms with Gasteiger partial charge in [0.25, 0.3) is 0 Å². The second kappa shape index (κ2) is 6.66. The molecule has 106 valence electrons. The van der Waals surface area contributed by atoms with Crippen LogP contribution in [0, 0.1) is 0 Å². The molecule has 1 aliphatic rings. The van der Waals surface area contributed by atoms with E-state index in [0.29, 0.717) is 0 Å². The molecule has 0 spiro atoms. The van der Waals surface area contributed by atoms with Crippen molar-refractivity contribution >= 4 is 0 Å². The molecule has 20 heavy (non-hydrogen) atoms. The zero-order valence-corrected chi connectivity index (χ0v) is 11.7. The van der Waals surface area contributed by atoms with Gasteiger partial charge in [-0.1, -0.05) is 30.3 Å². The van der Waals surface area contributed by atoms with Crippen molar-refractivity contribution < 1.29 is 4.42 Å². The van der Waals surface area contributed by atoms with Gasteiger partial charge in [0.15, 0.2) is 0 Å². The SMILES string of the molecule is c1ccc(CCCc2nnc(CCNC3CC3)o2)cc1. The lowest BCUT2D eigenvalue weighted by Crippen LogP contribution is -2.19. The summed E-state index contributed by atoms with van der Waals surface area (Å²) in [6, 6.07) is 11.2. The van der Waals surface area contributed by atoms with Gasteiger partial charge < -0.3 is 9.73 Å². The third-order valence-corrected chi connectivity index (χ3v) is 3.56. The number of hydrogen-bond acceptors (Lipinski definition) is 4. The molecule has 0 bridgehead atoms. The van der Waals surface area contributed by atoms with Gasteiger partial charge in [0.05, 0.1) is 0 Å². The van der Waals surface area contributed by atoms with Crippen LogP contribution in [0.3, 0.4) is 0 Å². The van der Waals surface area contributed by atoms with E-state index in [2.05, 4.69) is 39.8 Å². The first-order valence-corrected chi connectivity index (χ1v) is 7.49. The summed E-state index contributed by atoms with van der Waals surface area (Å²) in [6.07, 6.45) is 6.43. The lowest BCUT2D eigenvalue weighted by Gasteiger charge is -1.99. The van der Waals surface area contributed by atoms with Crippen LogP contribution in [0.25, 0.3) is 0 Å². The summed E-state index contributed by atoms with van der Waals surface area (Å²) in [7, 11) is 0. The minimum atomic E-state index is 0.739. The standard InChI is InChI=1S/C16H21N3O/c1-2-5-13(6-3-1)7-4-8-15-18-19-16(20-15)11-12-17-14-9-10-14/h1-3,5-6,14,17H,4,7-12H2. The molecular weight excluding hydrogens is 250 g/mol. The first-order valence-electron chi connectivity index (χ1n) is 7.49. The van der Waals surface area contributed by atoms with Crippen LogP contribution in [0.4, 0.5) is 0 Å². The Bertz CT molecular complexity index is 520. The van der Waals surface area contributed by atoms with Crippen LogP contribution in [0.1, 0.15) is 36.6 Å². The molecular formula is C16H21N3O. The largest absolute Gasteiger partial charge is 0.425 e. The molecule has 0 saturated heterocycles. The monoisotopic (exact) mass is 271 g/mol. The van der Waals surface area contributed by atoms with Gasteiger partial charge in [-0.3, -0.25) is 0 Å². The molecule has 1 aromatic heterocycles. The molecule has 1 aromatic carbocycles. The predicted molar refractivity (Wildman–Crippen MR) is 77.5 cm³/mol. The molecule has 1 aliphatic carbocycles. The number of benzene rings is 1. The van der Waals surface area contributed by atoms with E-state index in [9.17, 15) is 0 Å². The minimum Gasteiger partial charge on any atom is -0.425 e. The molecule has 1 fully saturated rings. The highest BCUT2D eigenvalue weighted by molar-refractivity contribution is 5.14. The Kier molecular flexibility index (Phi) is 4.43. The van der Waals surface area contributed by atoms with Crippen LogP contribution in [0.2, 0.25) is 0 Å². The molecule has 0 radical (unpaired) electrons. The van der Waals surface area contributed by atoms with E-state index in [1.165, 1.54) is 18.4 Å². The van der Waals surface area contributed by atoms with E-state index in [4.69, 9.17) is 4.42 Å². The fourth-order valence-electron chi connectivity index (χ4n) is 2.25. The highest BCUT2D eigenvalue weighted by Crippen LogP contribution is 2.18. The fourth-order valence-corrected chi connectivity index (χ4v) is 2.25. The smallest absolute Gasteiger partial charge is 0.217 e. The topological polar surface area (TPSA) is 51.0 Å². The Morgan fingerprint density at radius 1 is 1.00 bits per heavy atom. The van der Waals surface area contributed by atoms with Gasteiger partial charge in [-0.15, -0.1) is 10.2 Å². The zero-order chi connectivity index (χ0) is 13.6. The number of hydrogen-bond donors (Lipinski definition) is 1.